The lowest BCUT2D eigenvalue weighted by Crippen LogP contribution is -2.02. The average molecular weight is 385 g/mol. The summed E-state index contributed by atoms with van der Waals surface area (Å²) in [5.41, 5.74) is 3.33. The number of H-pyrrole nitrogens is 1. The summed E-state index contributed by atoms with van der Waals surface area (Å²) < 4.78 is 12.7. The Morgan fingerprint density at radius 3 is 2.79 bits per heavy atom. The van der Waals surface area contributed by atoms with Gasteiger partial charge in [0.1, 0.15) is 5.75 Å². The van der Waals surface area contributed by atoms with Gasteiger partial charge in [-0.15, -0.1) is 0 Å². The van der Waals surface area contributed by atoms with Gasteiger partial charge in [-0.3, -0.25) is 0 Å². The third-order valence-electron chi connectivity index (χ3n) is 5.23. The number of hydrogen-bond acceptors (Lipinski definition) is 5. The van der Waals surface area contributed by atoms with Gasteiger partial charge in [0, 0.05) is 23.4 Å². The number of aromatic amines is 1. The van der Waals surface area contributed by atoms with Crippen LogP contribution in [0.25, 0.3) is 28.1 Å². The highest BCUT2D eigenvalue weighted by Gasteiger charge is 2.25. The molecule has 0 spiro atoms. The summed E-state index contributed by atoms with van der Waals surface area (Å²) in [7, 11) is 1.66. The van der Waals surface area contributed by atoms with Gasteiger partial charge in [-0.05, 0) is 55.0 Å². The molecule has 5 rings (SSSR count). The van der Waals surface area contributed by atoms with Gasteiger partial charge in [0.15, 0.2) is 11.6 Å². The number of ether oxygens (including phenoxy) is 2. The monoisotopic (exact) mass is 385 g/mol. The maximum absolute atomic E-state index is 9.09. The van der Waals surface area contributed by atoms with E-state index in [-0.39, 0.29) is 5.92 Å². The zero-order chi connectivity index (χ0) is 19.8. The fourth-order valence-corrected chi connectivity index (χ4v) is 3.63. The van der Waals surface area contributed by atoms with Crippen molar-refractivity contribution in [1.82, 2.24) is 19.7 Å². The van der Waals surface area contributed by atoms with E-state index in [0.29, 0.717) is 12.2 Å². The van der Waals surface area contributed by atoms with Gasteiger partial charge in [0.25, 0.3) is 0 Å². The van der Waals surface area contributed by atoms with Gasteiger partial charge in [-0.1, -0.05) is 0 Å². The Kier molecular flexibility index (Phi) is 4.26. The lowest BCUT2D eigenvalue weighted by atomic mass is 10.1. The molecule has 1 N–H and O–H groups in total. The highest BCUT2D eigenvalue weighted by Crippen LogP contribution is 2.30. The number of nitriles is 1. The lowest BCUT2D eigenvalue weighted by Gasteiger charge is -2.04. The summed E-state index contributed by atoms with van der Waals surface area (Å²) in [5, 5.41) is 14.9. The number of methoxy groups -OCH3 is 1. The Balaban J connectivity index is 1.64. The van der Waals surface area contributed by atoms with Crippen molar-refractivity contribution < 1.29 is 9.47 Å². The van der Waals surface area contributed by atoms with E-state index in [1.807, 2.05) is 35.0 Å². The van der Waals surface area contributed by atoms with Crippen LogP contribution < -0.4 is 4.74 Å². The van der Waals surface area contributed by atoms with Crippen LogP contribution in [0.5, 0.6) is 5.75 Å². The molecule has 0 radical (unpaired) electrons. The predicted octanol–water partition coefficient (Wildman–Crippen LogP) is 3.80. The van der Waals surface area contributed by atoms with Crippen LogP contribution in [0.2, 0.25) is 0 Å². The first kappa shape index (κ1) is 17.5. The van der Waals surface area contributed by atoms with Crippen LogP contribution in [0, 0.1) is 11.3 Å². The maximum atomic E-state index is 9.09. The van der Waals surface area contributed by atoms with Gasteiger partial charge in [0.05, 0.1) is 36.7 Å². The SMILES string of the molecule is COc1ccc2[nH]c(-c3nc([C@H]4CCOC4)nn3-c3ccc(C#N)cc3)cc2c1. The highest BCUT2D eigenvalue weighted by molar-refractivity contribution is 5.86. The van der Waals surface area contributed by atoms with Crippen molar-refractivity contribution in [3.8, 4) is 29.0 Å². The summed E-state index contributed by atoms with van der Waals surface area (Å²) >= 11 is 0. The first-order valence-electron chi connectivity index (χ1n) is 9.47. The number of nitrogens with one attached hydrogen (secondary N) is 1. The molecule has 1 aliphatic rings. The fourth-order valence-electron chi connectivity index (χ4n) is 3.63. The van der Waals surface area contributed by atoms with Gasteiger partial charge in [0.2, 0.25) is 0 Å². The van der Waals surface area contributed by atoms with Crippen molar-refractivity contribution in [1.29, 1.82) is 5.26 Å². The molecular formula is C22H19N5O2. The van der Waals surface area contributed by atoms with Crippen LogP contribution in [0.3, 0.4) is 0 Å². The molecule has 1 fully saturated rings. The molecule has 0 amide bonds. The van der Waals surface area contributed by atoms with Crippen LogP contribution >= 0.6 is 0 Å². The summed E-state index contributed by atoms with van der Waals surface area (Å²) in [6.45, 7) is 1.37. The smallest absolute Gasteiger partial charge is 0.179 e. The molecule has 0 saturated carbocycles. The molecule has 0 aliphatic carbocycles. The van der Waals surface area contributed by atoms with E-state index in [2.05, 4.69) is 17.1 Å². The molecule has 0 unspecified atom stereocenters. The number of nitrogens with zero attached hydrogens (tertiary/aromatic N) is 4. The fraction of sp³-hybridized carbons (Fsp3) is 0.227. The molecular weight excluding hydrogens is 366 g/mol. The van der Waals surface area contributed by atoms with Gasteiger partial charge >= 0.3 is 0 Å². The molecule has 3 heterocycles. The minimum absolute atomic E-state index is 0.192. The van der Waals surface area contributed by atoms with Crippen molar-refractivity contribution >= 4 is 10.9 Å². The van der Waals surface area contributed by atoms with E-state index in [1.54, 1.807) is 19.2 Å². The molecule has 2 aromatic heterocycles. The van der Waals surface area contributed by atoms with Crippen molar-refractivity contribution in [3.63, 3.8) is 0 Å². The number of rotatable bonds is 4. The van der Waals surface area contributed by atoms with Crippen molar-refractivity contribution in [3.05, 3.63) is 59.9 Å². The van der Waals surface area contributed by atoms with Crippen molar-refractivity contribution in [2.24, 2.45) is 0 Å². The van der Waals surface area contributed by atoms with Crippen LogP contribution in [-0.2, 0) is 4.74 Å². The van der Waals surface area contributed by atoms with E-state index in [9.17, 15) is 0 Å². The van der Waals surface area contributed by atoms with Gasteiger partial charge in [-0.2, -0.15) is 10.4 Å². The second-order valence-corrected chi connectivity index (χ2v) is 7.06. The van der Waals surface area contributed by atoms with Crippen molar-refractivity contribution in [2.75, 3.05) is 20.3 Å². The van der Waals surface area contributed by atoms with Crippen LogP contribution in [0.4, 0.5) is 0 Å². The molecule has 1 aliphatic heterocycles. The lowest BCUT2D eigenvalue weighted by molar-refractivity contribution is 0.193. The second kappa shape index (κ2) is 7.08. The Labute approximate surface area is 167 Å². The topological polar surface area (TPSA) is 88.8 Å². The molecule has 4 aromatic rings. The zero-order valence-electron chi connectivity index (χ0n) is 15.9. The zero-order valence-corrected chi connectivity index (χ0v) is 15.9. The van der Waals surface area contributed by atoms with Crippen LogP contribution in [-0.4, -0.2) is 40.1 Å². The molecule has 1 atom stereocenters. The second-order valence-electron chi connectivity index (χ2n) is 7.06. The molecule has 144 valence electrons. The molecule has 7 nitrogen and oxygen atoms in total. The number of aromatic nitrogens is 4. The number of hydrogen-bond donors (Lipinski definition) is 1. The molecule has 0 bridgehead atoms. The summed E-state index contributed by atoms with van der Waals surface area (Å²) in [6.07, 6.45) is 0.917. The first-order valence-corrected chi connectivity index (χ1v) is 9.47. The van der Waals surface area contributed by atoms with E-state index in [1.165, 1.54) is 0 Å². The molecule has 2 aromatic carbocycles. The summed E-state index contributed by atoms with van der Waals surface area (Å²) in [6, 6.07) is 17.5. The standard InChI is InChI=1S/C22H19N5O2/c1-28-18-6-7-19-16(10-18)11-20(24-19)22-25-21(15-8-9-29-13-15)26-27(22)17-4-2-14(12-23)3-5-17/h2-7,10-11,15,24H,8-9,13H2,1H3/t15-/m0/s1. The number of fused-ring (bicyclic) bond motifs is 1. The molecule has 7 heteroatoms. The van der Waals surface area contributed by atoms with E-state index < -0.39 is 0 Å². The number of benzene rings is 2. The Bertz CT molecular complexity index is 1210. The minimum Gasteiger partial charge on any atom is -0.497 e. The van der Waals surface area contributed by atoms with Crippen molar-refractivity contribution in [2.45, 2.75) is 12.3 Å². The van der Waals surface area contributed by atoms with Crippen LogP contribution in [0.1, 0.15) is 23.7 Å². The van der Waals surface area contributed by atoms with Crippen LogP contribution in [0.15, 0.2) is 48.5 Å². The summed E-state index contributed by atoms with van der Waals surface area (Å²) in [4.78, 5) is 8.30. The highest BCUT2D eigenvalue weighted by atomic mass is 16.5. The maximum Gasteiger partial charge on any atom is 0.179 e. The third-order valence-corrected chi connectivity index (χ3v) is 5.23. The third kappa shape index (κ3) is 3.13. The van der Waals surface area contributed by atoms with E-state index in [0.717, 1.165) is 52.7 Å². The van der Waals surface area contributed by atoms with E-state index in [4.69, 9.17) is 24.8 Å². The minimum atomic E-state index is 0.192. The normalized spacial score (nSPS) is 16.2. The quantitative estimate of drug-likeness (QED) is 0.577. The average Bonchev–Trinajstić information content (AvgIpc) is 3.51. The first-order chi connectivity index (χ1) is 14.2. The predicted molar refractivity (Wildman–Crippen MR) is 108 cm³/mol. The largest absolute Gasteiger partial charge is 0.497 e. The van der Waals surface area contributed by atoms with E-state index >= 15 is 0 Å². The van der Waals surface area contributed by atoms with Gasteiger partial charge in [-0.25, -0.2) is 9.67 Å². The Hall–Kier alpha value is -3.63. The Morgan fingerprint density at radius 1 is 1.21 bits per heavy atom. The Morgan fingerprint density at radius 2 is 2.07 bits per heavy atom. The molecule has 29 heavy (non-hydrogen) atoms. The molecule has 1 saturated heterocycles. The summed E-state index contributed by atoms with van der Waals surface area (Å²) in [5.74, 6) is 2.50. The van der Waals surface area contributed by atoms with Gasteiger partial charge < -0.3 is 14.5 Å².